The van der Waals surface area contributed by atoms with Crippen molar-refractivity contribution in [3.63, 3.8) is 0 Å². The molecule has 1 aromatic heterocycles. The summed E-state index contributed by atoms with van der Waals surface area (Å²) in [6.45, 7) is 9.42. The van der Waals surface area contributed by atoms with Gasteiger partial charge >= 0.3 is 0 Å². The van der Waals surface area contributed by atoms with Crippen LogP contribution in [0.15, 0.2) is 22.6 Å². The third-order valence-corrected chi connectivity index (χ3v) is 12.6. The Morgan fingerprint density at radius 3 is 2.66 bits per heavy atom. The van der Waals surface area contributed by atoms with Crippen molar-refractivity contribution in [2.45, 2.75) is 110 Å². The van der Waals surface area contributed by atoms with Gasteiger partial charge in [0.15, 0.2) is 11.5 Å². The van der Waals surface area contributed by atoms with Crippen molar-refractivity contribution in [1.29, 1.82) is 0 Å². The lowest BCUT2D eigenvalue weighted by Crippen LogP contribution is -2.62. The first-order valence-corrected chi connectivity index (χ1v) is 15.4. The number of nitrogens with zero attached hydrogens (tertiary/aromatic N) is 1. The minimum absolute atomic E-state index is 0.0762. The molecular weight excluding hydrogens is 474 g/mol. The molecule has 0 spiro atoms. The van der Waals surface area contributed by atoms with Gasteiger partial charge in [0, 0.05) is 18.9 Å². The van der Waals surface area contributed by atoms with E-state index >= 15 is 0 Å². The fourth-order valence-corrected chi connectivity index (χ4v) is 10.5. The Morgan fingerprint density at radius 1 is 1.11 bits per heavy atom. The molecule has 0 radical (unpaired) electrons. The van der Waals surface area contributed by atoms with Crippen LogP contribution in [0.1, 0.15) is 90.0 Å². The van der Waals surface area contributed by atoms with Crippen molar-refractivity contribution in [3.05, 3.63) is 29.7 Å². The van der Waals surface area contributed by atoms with E-state index in [9.17, 15) is 10.2 Å². The molecule has 1 aromatic carbocycles. The topological polar surface area (TPSA) is 75.7 Å². The highest BCUT2D eigenvalue weighted by Gasteiger charge is 2.66. The fraction of sp³-hybridized carbons (Fsp3) is 0.788. The molecule has 1 heterocycles. The van der Waals surface area contributed by atoms with E-state index in [0.717, 1.165) is 73.9 Å². The Morgan fingerprint density at radius 2 is 1.92 bits per heavy atom. The second-order valence-electron chi connectivity index (χ2n) is 14.0. The number of hydrogen-bond acceptors (Lipinski definition) is 5. The van der Waals surface area contributed by atoms with Crippen LogP contribution in [0, 0.1) is 53.3 Å². The summed E-state index contributed by atoms with van der Waals surface area (Å²) in [6, 6.07) is 6.19. The van der Waals surface area contributed by atoms with Gasteiger partial charge in [-0.05, 0) is 111 Å². The van der Waals surface area contributed by atoms with E-state index in [2.05, 4.69) is 39.8 Å². The monoisotopic (exact) mass is 523 g/mol. The number of fused-ring (bicyclic) bond motifs is 6. The largest absolute Gasteiger partial charge is 0.440 e. The SMILES string of the molecule is CCC(CCc1nc2cccc(C)c2o1)[C@H]1CC[C@H]2[C@@H]3[C@H](O)C[C@@H]4C[C@H](O)CC[C@]4(C)[C@H]3C[C@H](OC)[C@]12C. The van der Waals surface area contributed by atoms with Crippen LogP contribution in [0.2, 0.25) is 0 Å². The molecule has 4 fully saturated rings. The number of benzene rings is 1. The van der Waals surface area contributed by atoms with Gasteiger partial charge in [-0.15, -0.1) is 0 Å². The molecule has 2 N–H and O–H groups in total. The minimum Gasteiger partial charge on any atom is -0.440 e. The van der Waals surface area contributed by atoms with Gasteiger partial charge < -0.3 is 19.4 Å². The summed E-state index contributed by atoms with van der Waals surface area (Å²) in [5, 5.41) is 22.1. The van der Waals surface area contributed by atoms with Crippen LogP contribution in [-0.2, 0) is 11.2 Å². The molecule has 4 saturated carbocycles. The molecule has 2 aromatic rings. The average Bonchev–Trinajstić information content (AvgIpc) is 3.47. The molecule has 5 heteroatoms. The predicted molar refractivity (Wildman–Crippen MR) is 150 cm³/mol. The third kappa shape index (κ3) is 4.01. The van der Waals surface area contributed by atoms with E-state index in [4.69, 9.17) is 14.1 Å². The third-order valence-electron chi connectivity index (χ3n) is 12.6. The number of ether oxygens (including phenoxy) is 1. The second-order valence-corrected chi connectivity index (χ2v) is 14.0. The first-order chi connectivity index (χ1) is 18.2. The number of para-hydroxylation sites is 1. The van der Waals surface area contributed by atoms with Crippen molar-refractivity contribution in [3.8, 4) is 0 Å². The number of aliphatic hydroxyl groups excluding tert-OH is 2. The van der Waals surface area contributed by atoms with E-state index in [1.807, 2.05) is 13.2 Å². The van der Waals surface area contributed by atoms with E-state index < -0.39 is 0 Å². The lowest BCUT2D eigenvalue weighted by Gasteiger charge is -2.64. The van der Waals surface area contributed by atoms with Crippen LogP contribution < -0.4 is 0 Å². The number of rotatable bonds is 6. The highest BCUT2D eigenvalue weighted by atomic mass is 16.5. The minimum atomic E-state index is -0.257. The molecule has 5 nitrogen and oxygen atoms in total. The Hall–Kier alpha value is -1.43. The van der Waals surface area contributed by atoms with Gasteiger partial charge in [0.05, 0.1) is 18.3 Å². The first kappa shape index (κ1) is 26.8. The zero-order chi connectivity index (χ0) is 26.8. The van der Waals surface area contributed by atoms with E-state index in [-0.39, 0.29) is 29.1 Å². The van der Waals surface area contributed by atoms with Crippen molar-refractivity contribution >= 4 is 11.1 Å². The standard InChI is InChI=1S/C33H49NO4/c1-6-20(10-13-29-34-26-9-7-8-19(2)31(26)38-29)23-11-12-24-30-25(18-28(37-5)33(23,24)4)32(3)15-14-22(35)16-21(32)17-27(30)36/h7-9,20-25,27-28,30,35-36H,6,10-18H2,1-5H3/t20?,21-,22+,23+,24-,25-,27+,28-,30-,32-,33+/m0/s1. The van der Waals surface area contributed by atoms with Gasteiger partial charge in [-0.3, -0.25) is 0 Å². The van der Waals surface area contributed by atoms with Crippen LogP contribution in [0.4, 0.5) is 0 Å². The van der Waals surface area contributed by atoms with Crippen LogP contribution >= 0.6 is 0 Å². The summed E-state index contributed by atoms with van der Waals surface area (Å²) in [4.78, 5) is 4.81. The summed E-state index contributed by atoms with van der Waals surface area (Å²) < 4.78 is 12.6. The molecule has 0 bridgehead atoms. The maximum Gasteiger partial charge on any atom is 0.195 e. The maximum atomic E-state index is 11.6. The van der Waals surface area contributed by atoms with Gasteiger partial charge in [-0.1, -0.05) is 39.3 Å². The number of aryl methyl sites for hydroxylation is 2. The van der Waals surface area contributed by atoms with Crippen molar-refractivity contribution in [1.82, 2.24) is 4.98 Å². The van der Waals surface area contributed by atoms with Crippen LogP contribution in [-0.4, -0.2) is 40.6 Å². The lowest BCUT2D eigenvalue weighted by atomic mass is 9.43. The molecule has 38 heavy (non-hydrogen) atoms. The number of hydrogen-bond donors (Lipinski definition) is 2. The van der Waals surface area contributed by atoms with E-state index in [1.165, 1.54) is 12.8 Å². The summed E-state index contributed by atoms with van der Waals surface area (Å²) in [5.41, 5.74) is 3.32. The number of methoxy groups -OCH3 is 1. The molecule has 0 aliphatic heterocycles. The van der Waals surface area contributed by atoms with Crippen molar-refractivity contribution in [2.75, 3.05) is 7.11 Å². The summed E-state index contributed by atoms with van der Waals surface area (Å²) in [5.74, 6) is 3.78. The molecule has 0 amide bonds. The molecule has 4 aliphatic rings. The zero-order valence-electron chi connectivity index (χ0n) is 24.2. The van der Waals surface area contributed by atoms with Gasteiger partial charge in [0.25, 0.3) is 0 Å². The quantitative estimate of drug-likeness (QED) is 0.440. The molecule has 0 saturated heterocycles. The van der Waals surface area contributed by atoms with Crippen LogP contribution in [0.3, 0.4) is 0 Å². The summed E-state index contributed by atoms with van der Waals surface area (Å²) in [7, 11) is 1.92. The number of aromatic nitrogens is 1. The highest BCUT2D eigenvalue weighted by molar-refractivity contribution is 5.75. The molecule has 1 unspecified atom stereocenters. The Balaban J connectivity index is 1.25. The molecular formula is C33H49NO4. The zero-order valence-corrected chi connectivity index (χ0v) is 24.2. The Labute approximate surface area is 228 Å². The normalized spacial score (nSPS) is 43.4. The number of oxazole rings is 1. The second kappa shape index (κ2) is 9.89. The summed E-state index contributed by atoms with van der Waals surface area (Å²) >= 11 is 0. The van der Waals surface area contributed by atoms with Gasteiger partial charge in [0.1, 0.15) is 5.52 Å². The Kier molecular flexibility index (Phi) is 6.97. The average molecular weight is 524 g/mol. The first-order valence-electron chi connectivity index (χ1n) is 15.4. The van der Waals surface area contributed by atoms with E-state index in [0.29, 0.717) is 35.5 Å². The fourth-order valence-electron chi connectivity index (χ4n) is 10.5. The van der Waals surface area contributed by atoms with Crippen molar-refractivity contribution in [2.24, 2.45) is 46.3 Å². The molecule has 11 atom stereocenters. The Bertz CT molecular complexity index is 1150. The van der Waals surface area contributed by atoms with Gasteiger partial charge in [-0.25, -0.2) is 4.98 Å². The van der Waals surface area contributed by atoms with Crippen molar-refractivity contribution < 1.29 is 19.4 Å². The van der Waals surface area contributed by atoms with E-state index in [1.54, 1.807) is 0 Å². The van der Waals surface area contributed by atoms with Crippen LogP contribution in [0.25, 0.3) is 11.1 Å². The van der Waals surface area contributed by atoms with Crippen LogP contribution in [0.5, 0.6) is 0 Å². The maximum absolute atomic E-state index is 11.6. The van der Waals surface area contributed by atoms with Gasteiger partial charge in [-0.2, -0.15) is 0 Å². The number of aliphatic hydroxyl groups is 2. The predicted octanol–water partition coefficient (Wildman–Crippen LogP) is 6.71. The highest BCUT2D eigenvalue weighted by Crippen LogP contribution is 2.69. The molecule has 4 aliphatic carbocycles. The molecule has 6 rings (SSSR count). The lowest BCUT2D eigenvalue weighted by molar-refractivity contribution is -0.213. The summed E-state index contributed by atoms with van der Waals surface area (Å²) in [6.07, 6.45) is 10.0. The smallest absolute Gasteiger partial charge is 0.195 e. The molecule has 210 valence electrons. The van der Waals surface area contributed by atoms with Gasteiger partial charge in [0.2, 0.25) is 0 Å².